The van der Waals surface area contributed by atoms with Crippen LogP contribution in [0.1, 0.15) is 12.7 Å². The molecule has 0 aliphatic rings. The zero-order valence-electron chi connectivity index (χ0n) is 14.2. The minimum Gasteiger partial charge on any atom is -0.497 e. The van der Waals surface area contributed by atoms with E-state index in [4.69, 9.17) is 15.0 Å². The smallest absolute Gasteiger partial charge is 0.238 e. The van der Waals surface area contributed by atoms with Gasteiger partial charge in [0, 0.05) is 12.1 Å². The number of hydrogen-bond donors (Lipinski definition) is 3. The summed E-state index contributed by atoms with van der Waals surface area (Å²) in [5.74, 6) is 1.12. The van der Waals surface area contributed by atoms with Crippen LogP contribution in [0.4, 0.5) is 17.2 Å². The number of anilines is 3. The number of ether oxygens (including phenoxy) is 1. The number of methoxy groups -OCH3 is 1. The summed E-state index contributed by atoms with van der Waals surface area (Å²) in [6.07, 6.45) is 0. The Labute approximate surface area is 149 Å². The quantitative estimate of drug-likeness (QED) is 0.645. The van der Waals surface area contributed by atoms with E-state index in [0.717, 1.165) is 0 Å². The van der Waals surface area contributed by atoms with Gasteiger partial charge in [0.1, 0.15) is 11.5 Å². The van der Waals surface area contributed by atoms with E-state index in [1.54, 1.807) is 38.1 Å². The van der Waals surface area contributed by atoms with Crippen molar-refractivity contribution in [2.75, 3.05) is 29.2 Å². The van der Waals surface area contributed by atoms with Gasteiger partial charge in [-0.05, 0) is 26.0 Å². The van der Waals surface area contributed by atoms with Gasteiger partial charge in [-0.25, -0.2) is 0 Å². The predicted octanol–water partition coefficient (Wildman–Crippen LogP) is 2.27. The van der Waals surface area contributed by atoms with Gasteiger partial charge >= 0.3 is 0 Å². The molecule has 1 aromatic carbocycles. The van der Waals surface area contributed by atoms with Crippen molar-refractivity contribution in [2.45, 2.75) is 19.1 Å². The molecule has 0 bridgehead atoms. The van der Waals surface area contributed by atoms with Crippen LogP contribution in [0, 0.1) is 6.92 Å². The normalized spacial score (nSPS) is 11.6. The summed E-state index contributed by atoms with van der Waals surface area (Å²) in [4.78, 5) is 24.1. The van der Waals surface area contributed by atoms with Crippen LogP contribution < -0.4 is 21.1 Å². The van der Waals surface area contributed by atoms with Gasteiger partial charge in [-0.2, -0.15) is 0 Å². The Morgan fingerprint density at radius 1 is 1.36 bits per heavy atom. The highest BCUT2D eigenvalue weighted by atomic mass is 32.2. The van der Waals surface area contributed by atoms with E-state index in [1.807, 2.05) is 0 Å². The standard InChI is InChI=1S/C16H20N4O4S/c1-9-6-14(20-24-9)19-16(22)10(2)25-8-15(21)18-13-7-11(23-3)4-5-12(13)17/h4-7,10H,8,17H2,1-3H3,(H,18,21)(H,19,20,22). The van der Waals surface area contributed by atoms with Crippen molar-refractivity contribution in [3.8, 4) is 5.75 Å². The van der Waals surface area contributed by atoms with Gasteiger partial charge in [0.05, 0.1) is 29.5 Å². The third kappa shape index (κ3) is 5.42. The molecular formula is C16H20N4O4S. The Bertz CT molecular complexity index is 762. The zero-order chi connectivity index (χ0) is 18.4. The summed E-state index contributed by atoms with van der Waals surface area (Å²) in [6, 6.07) is 6.61. The van der Waals surface area contributed by atoms with Crippen LogP contribution in [0.2, 0.25) is 0 Å². The molecule has 0 fully saturated rings. The first kappa shape index (κ1) is 18.7. The number of aryl methyl sites for hydroxylation is 1. The Balaban J connectivity index is 1.83. The number of carbonyl (C=O) groups is 2. The van der Waals surface area contributed by atoms with Crippen molar-refractivity contribution in [1.29, 1.82) is 0 Å². The van der Waals surface area contributed by atoms with Gasteiger partial charge in [-0.15, -0.1) is 11.8 Å². The number of thioether (sulfide) groups is 1. The average molecular weight is 364 g/mol. The molecule has 134 valence electrons. The minimum absolute atomic E-state index is 0.100. The van der Waals surface area contributed by atoms with E-state index in [2.05, 4.69) is 15.8 Å². The molecule has 0 saturated carbocycles. The third-order valence-electron chi connectivity index (χ3n) is 3.25. The van der Waals surface area contributed by atoms with Crippen molar-refractivity contribution in [3.63, 3.8) is 0 Å². The molecule has 0 aliphatic carbocycles. The lowest BCUT2D eigenvalue weighted by Gasteiger charge is -2.12. The van der Waals surface area contributed by atoms with E-state index in [-0.39, 0.29) is 17.6 Å². The molecule has 0 spiro atoms. The molecule has 1 heterocycles. The van der Waals surface area contributed by atoms with Crippen LogP contribution in [-0.2, 0) is 9.59 Å². The van der Waals surface area contributed by atoms with Crippen LogP contribution >= 0.6 is 11.8 Å². The molecule has 2 amide bonds. The third-order valence-corrected chi connectivity index (χ3v) is 4.39. The number of nitrogens with one attached hydrogen (secondary N) is 2. The summed E-state index contributed by atoms with van der Waals surface area (Å²) in [6.45, 7) is 3.44. The number of aromatic nitrogens is 1. The number of carbonyl (C=O) groups excluding carboxylic acids is 2. The molecule has 1 aromatic heterocycles. The van der Waals surface area contributed by atoms with Gasteiger partial charge in [-0.1, -0.05) is 5.16 Å². The van der Waals surface area contributed by atoms with Gasteiger partial charge in [0.15, 0.2) is 5.82 Å². The summed E-state index contributed by atoms with van der Waals surface area (Å²) in [5.41, 5.74) is 6.74. The van der Waals surface area contributed by atoms with Crippen LogP contribution in [0.3, 0.4) is 0 Å². The van der Waals surface area contributed by atoms with E-state index in [9.17, 15) is 9.59 Å². The number of amides is 2. The SMILES string of the molecule is COc1ccc(N)c(NC(=O)CSC(C)C(=O)Nc2cc(C)on2)c1. The van der Waals surface area contributed by atoms with Crippen LogP contribution in [0.5, 0.6) is 5.75 Å². The van der Waals surface area contributed by atoms with Crippen LogP contribution in [0.25, 0.3) is 0 Å². The molecular weight excluding hydrogens is 344 g/mol. The fourth-order valence-electron chi connectivity index (χ4n) is 1.89. The molecule has 2 aromatic rings. The Hall–Kier alpha value is -2.68. The predicted molar refractivity (Wildman–Crippen MR) is 97.8 cm³/mol. The first-order valence-electron chi connectivity index (χ1n) is 7.48. The minimum atomic E-state index is -0.439. The Kier molecular flexibility index (Phi) is 6.29. The molecule has 1 atom stereocenters. The molecule has 8 nitrogen and oxygen atoms in total. The van der Waals surface area contributed by atoms with Crippen LogP contribution in [-0.4, -0.2) is 35.1 Å². The van der Waals surface area contributed by atoms with Gasteiger partial charge in [0.2, 0.25) is 11.8 Å². The van der Waals surface area contributed by atoms with Crippen molar-refractivity contribution in [3.05, 3.63) is 30.0 Å². The molecule has 0 saturated heterocycles. The van der Waals surface area contributed by atoms with Crippen molar-refractivity contribution < 1.29 is 18.8 Å². The Morgan fingerprint density at radius 2 is 2.12 bits per heavy atom. The second-order valence-corrected chi connectivity index (χ2v) is 6.60. The van der Waals surface area contributed by atoms with E-state index < -0.39 is 5.25 Å². The molecule has 4 N–H and O–H groups in total. The van der Waals surface area contributed by atoms with Gasteiger partial charge in [-0.3, -0.25) is 9.59 Å². The molecule has 0 radical (unpaired) electrons. The maximum atomic E-state index is 12.1. The lowest BCUT2D eigenvalue weighted by atomic mass is 10.2. The van der Waals surface area contributed by atoms with Crippen molar-refractivity contribution in [2.24, 2.45) is 0 Å². The lowest BCUT2D eigenvalue weighted by molar-refractivity contribution is -0.115. The maximum Gasteiger partial charge on any atom is 0.238 e. The maximum absolute atomic E-state index is 12.1. The van der Waals surface area contributed by atoms with E-state index in [1.165, 1.54) is 18.9 Å². The second-order valence-electron chi connectivity index (χ2n) is 5.27. The fourth-order valence-corrected chi connectivity index (χ4v) is 2.57. The average Bonchev–Trinajstić information content (AvgIpc) is 2.99. The molecule has 2 rings (SSSR count). The van der Waals surface area contributed by atoms with Crippen molar-refractivity contribution in [1.82, 2.24) is 5.16 Å². The molecule has 9 heteroatoms. The molecule has 25 heavy (non-hydrogen) atoms. The highest BCUT2D eigenvalue weighted by Gasteiger charge is 2.17. The fraction of sp³-hybridized carbons (Fsp3) is 0.312. The number of nitrogens with two attached hydrogens (primary N) is 1. The van der Waals surface area contributed by atoms with E-state index >= 15 is 0 Å². The zero-order valence-corrected chi connectivity index (χ0v) is 15.0. The first-order chi connectivity index (χ1) is 11.9. The van der Waals surface area contributed by atoms with Crippen molar-refractivity contribution >= 4 is 40.8 Å². The number of nitrogen functional groups attached to an aromatic ring is 1. The van der Waals surface area contributed by atoms with Gasteiger partial charge in [0.25, 0.3) is 0 Å². The van der Waals surface area contributed by atoms with Crippen LogP contribution in [0.15, 0.2) is 28.8 Å². The summed E-state index contributed by atoms with van der Waals surface area (Å²) in [7, 11) is 1.53. The topological polar surface area (TPSA) is 119 Å². The van der Waals surface area contributed by atoms with Gasteiger partial charge < -0.3 is 25.6 Å². The van der Waals surface area contributed by atoms with E-state index in [0.29, 0.717) is 28.7 Å². The summed E-state index contributed by atoms with van der Waals surface area (Å²) in [5, 5.41) is 8.59. The lowest BCUT2D eigenvalue weighted by Crippen LogP contribution is -2.25. The number of hydrogen-bond acceptors (Lipinski definition) is 7. The Morgan fingerprint density at radius 3 is 2.76 bits per heavy atom. The number of benzene rings is 1. The molecule has 0 aliphatic heterocycles. The summed E-state index contributed by atoms with van der Waals surface area (Å²) < 4.78 is 9.98. The monoisotopic (exact) mass is 364 g/mol. The number of nitrogens with zero attached hydrogens (tertiary/aromatic N) is 1. The highest BCUT2D eigenvalue weighted by molar-refractivity contribution is 8.01. The largest absolute Gasteiger partial charge is 0.497 e. The first-order valence-corrected chi connectivity index (χ1v) is 8.53. The highest BCUT2D eigenvalue weighted by Crippen LogP contribution is 2.24. The molecule has 1 unspecified atom stereocenters. The second kappa shape index (κ2) is 8.43. The summed E-state index contributed by atoms with van der Waals surface area (Å²) >= 11 is 1.20. The number of rotatable bonds is 7.